The van der Waals surface area contributed by atoms with Gasteiger partial charge in [-0.2, -0.15) is 0 Å². The number of aromatic amines is 3. The molecule has 6 aromatic carbocycles. The van der Waals surface area contributed by atoms with E-state index in [9.17, 15) is 38.4 Å². The summed E-state index contributed by atoms with van der Waals surface area (Å²) in [5.74, 6) is 1.42. The molecule has 0 radical (unpaired) electrons. The Kier molecular flexibility index (Phi) is 30.3. The molecule has 96 heavy (non-hydrogen) atoms. The molecule has 3 heterocycles. The first-order chi connectivity index (χ1) is 46.3. The lowest BCUT2D eigenvalue weighted by molar-refractivity contribution is 0.167. The van der Waals surface area contributed by atoms with Gasteiger partial charge in [0.15, 0.2) is 0 Å². The van der Waals surface area contributed by atoms with E-state index in [1.54, 1.807) is 38.1 Å². The van der Waals surface area contributed by atoms with Gasteiger partial charge in [-0.25, -0.2) is 24.1 Å². The minimum Gasteiger partial charge on any atom is -0.507 e. The van der Waals surface area contributed by atoms with Crippen LogP contribution in [0.4, 0.5) is 0 Å². The van der Waals surface area contributed by atoms with Gasteiger partial charge in [0.1, 0.15) is 34.7 Å². The van der Waals surface area contributed by atoms with Gasteiger partial charge in [0, 0.05) is 0 Å². The Labute approximate surface area is 565 Å². The van der Waals surface area contributed by atoms with Crippen LogP contribution in [0.2, 0.25) is 0 Å². The summed E-state index contributed by atoms with van der Waals surface area (Å²) in [4.78, 5) is 79.9. The van der Waals surface area contributed by atoms with Crippen LogP contribution in [0.3, 0.4) is 0 Å². The fourth-order valence-electron chi connectivity index (χ4n) is 11.5. The molecular formula is C76H100N6O12P2. The van der Waals surface area contributed by atoms with Gasteiger partial charge in [0.25, 0.3) is 16.7 Å². The molecule has 0 amide bonds. The first kappa shape index (κ1) is 75.8. The summed E-state index contributed by atoms with van der Waals surface area (Å²) in [6.07, 6.45) is 25.7. The van der Waals surface area contributed by atoms with E-state index in [-0.39, 0.29) is 53.0 Å². The largest absolute Gasteiger partial charge is 0.530 e. The zero-order valence-corrected chi connectivity index (χ0v) is 59.3. The molecule has 0 saturated carbocycles. The first-order valence-electron chi connectivity index (χ1n) is 34.9. The van der Waals surface area contributed by atoms with Crippen molar-refractivity contribution in [3.8, 4) is 51.4 Å². The number of nitrogens with zero attached hydrogens (tertiary/aromatic N) is 3. The number of unbranched alkanes of at least 4 members (excludes halogenated alkanes) is 12. The van der Waals surface area contributed by atoms with Gasteiger partial charge in [-0.3, -0.25) is 33.2 Å². The number of fused-ring (bicyclic) bond motifs is 3. The lowest BCUT2D eigenvalue weighted by Gasteiger charge is -2.19. The fourth-order valence-corrected chi connectivity index (χ4v) is 13.1. The second-order valence-corrected chi connectivity index (χ2v) is 27.3. The van der Waals surface area contributed by atoms with Crippen molar-refractivity contribution in [1.82, 2.24) is 29.9 Å². The van der Waals surface area contributed by atoms with E-state index in [0.717, 1.165) is 156 Å². The van der Waals surface area contributed by atoms with E-state index in [0.29, 0.717) is 61.0 Å². The standard InChI is InChI=1S/C28H39N2O5P.C24H31N2O5P.C24H30N2O2/c1-5-9-11-13-21-15-17-25-23(19-21)28(31)30-27(29-25)24-20-22(14-12-10-6-2)16-18-26(24)35-36(32,33-7-3)34-8-4;1-3-5-7-9-17-11-13-21-19(15-17)24(27)26-23(25-21)20-16-18(10-8-6-4-2)12-14-22(20)31-32(28,29)30;1-3-5-7-9-17-11-13-21-19(15-17)24(28)26-23(25-21)20-16-18(10-8-6-4-2)12-14-22(20)27/h15-20H,5-14H2,1-4H3,(H,29,30,31);11-16H,3-10H2,1-2H3,(H,25,26,27)(H2,28,29,30);11-16,27H,3-10H2,1-2H3,(H,25,26,28). The van der Waals surface area contributed by atoms with E-state index >= 15 is 0 Å². The molecule has 20 heteroatoms. The van der Waals surface area contributed by atoms with E-state index in [1.165, 1.54) is 37.3 Å². The Balaban J connectivity index is 0.000000205. The molecule has 0 saturated heterocycles. The highest BCUT2D eigenvalue weighted by Crippen LogP contribution is 2.51. The van der Waals surface area contributed by atoms with E-state index in [1.807, 2.05) is 72.8 Å². The third-order valence-corrected chi connectivity index (χ3v) is 18.6. The number of phenols is 1. The molecule has 0 spiro atoms. The molecule has 0 aliphatic heterocycles. The van der Waals surface area contributed by atoms with Crippen LogP contribution < -0.4 is 25.7 Å². The summed E-state index contributed by atoms with van der Waals surface area (Å²) in [5.41, 5.74) is 9.23. The second kappa shape index (κ2) is 38.4. The van der Waals surface area contributed by atoms with E-state index in [2.05, 4.69) is 72.5 Å². The number of aromatic nitrogens is 6. The van der Waals surface area contributed by atoms with Gasteiger partial charge in [-0.1, -0.05) is 155 Å². The second-order valence-electron chi connectivity index (χ2n) is 24.5. The molecule has 6 N–H and O–H groups in total. The van der Waals surface area contributed by atoms with Gasteiger partial charge >= 0.3 is 15.6 Å². The minimum atomic E-state index is -4.78. The van der Waals surface area contributed by atoms with Crippen LogP contribution in [0.25, 0.3) is 66.9 Å². The van der Waals surface area contributed by atoms with Crippen molar-refractivity contribution in [2.75, 3.05) is 13.2 Å². The first-order valence-corrected chi connectivity index (χ1v) is 37.9. The van der Waals surface area contributed by atoms with Gasteiger partial charge in [-0.05, 0) is 197 Å². The Morgan fingerprint density at radius 2 is 0.646 bits per heavy atom. The molecule has 0 bridgehead atoms. The smallest absolute Gasteiger partial charge is 0.507 e. The number of rotatable bonds is 35. The topological polar surface area (TPSA) is 269 Å². The van der Waals surface area contributed by atoms with Crippen LogP contribution in [0, 0.1) is 0 Å². The van der Waals surface area contributed by atoms with Crippen LogP contribution in [-0.2, 0) is 56.7 Å². The number of aryl methyl sites for hydroxylation is 6. The number of phenolic OH excluding ortho intramolecular Hbond substituents is 1. The molecule has 0 unspecified atom stereocenters. The minimum absolute atomic E-state index is 0.0174. The van der Waals surface area contributed by atoms with Crippen molar-refractivity contribution in [2.45, 2.75) is 209 Å². The predicted molar refractivity (Wildman–Crippen MR) is 389 cm³/mol. The normalized spacial score (nSPS) is 11.6. The molecule has 0 atom stereocenters. The van der Waals surface area contributed by atoms with Crippen molar-refractivity contribution >= 4 is 48.4 Å². The number of nitrogens with one attached hydrogen (secondary N) is 3. The summed E-state index contributed by atoms with van der Waals surface area (Å²) >= 11 is 0. The van der Waals surface area contributed by atoms with Crippen LogP contribution in [0.5, 0.6) is 17.2 Å². The highest BCUT2D eigenvalue weighted by atomic mass is 31.2. The Hall–Kier alpha value is -7.56. The Bertz CT molecular complexity index is 4250. The van der Waals surface area contributed by atoms with Gasteiger partial charge in [0.05, 0.1) is 62.6 Å². The SMILES string of the molecule is CCCCCc1ccc(O)c(-c2nc3ccc(CCCCC)cc3c(=O)[nH]2)c1.CCCCCc1ccc(OP(=O)(O)O)c(-c2nc3ccc(CCCCC)cc3c(=O)[nH]2)c1.CCCCCc1ccc(OP(=O)(OCC)OCC)c(-c2nc3ccc(CCCCC)cc3c(=O)[nH]2)c1. The summed E-state index contributed by atoms with van der Waals surface area (Å²) < 4.78 is 46.0. The average Bonchev–Trinajstić information content (AvgIpc) is 0.801. The maximum Gasteiger partial charge on any atom is 0.530 e. The maximum atomic E-state index is 13.1. The molecule has 3 aromatic heterocycles. The summed E-state index contributed by atoms with van der Waals surface area (Å²) in [7, 11) is -8.61. The lowest BCUT2D eigenvalue weighted by atomic mass is 10.0. The molecule has 18 nitrogen and oxygen atoms in total. The van der Waals surface area contributed by atoms with Crippen LogP contribution >= 0.6 is 15.6 Å². The average molecular weight is 1350 g/mol. The zero-order valence-electron chi connectivity index (χ0n) is 57.5. The van der Waals surface area contributed by atoms with Crippen molar-refractivity contribution in [3.63, 3.8) is 0 Å². The summed E-state index contributed by atoms with van der Waals surface area (Å²) in [5, 5.41) is 12.0. The number of H-pyrrole nitrogens is 3. The van der Waals surface area contributed by atoms with E-state index in [4.69, 9.17) is 23.1 Å². The molecular weight excluding hydrogens is 1250 g/mol. The van der Waals surface area contributed by atoms with Crippen LogP contribution in [-0.4, -0.2) is 58.0 Å². The summed E-state index contributed by atoms with van der Waals surface area (Å²) in [6.45, 7) is 16.8. The number of phosphoric ester groups is 2. The monoisotopic (exact) mass is 1350 g/mol. The number of phosphoric acid groups is 2. The number of benzene rings is 6. The Morgan fingerprint density at radius 3 is 0.958 bits per heavy atom. The molecule has 9 aromatic rings. The molecule has 9 rings (SSSR count). The fraction of sp³-hybridized carbons (Fsp3) is 0.447. The van der Waals surface area contributed by atoms with Crippen LogP contribution in [0.1, 0.15) is 204 Å². The highest BCUT2D eigenvalue weighted by molar-refractivity contribution is 7.49. The van der Waals surface area contributed by atoms with Crippen LogP contribution in [0.15, 0.2) is 124 Å². The molecule has 516 valence electrons. The van der Waals surface area contributed by atoms with Crippen molar-refractivity contribution in [2.24, 2.45) is 0 Å². The van der Waals surface area contributed by atoms with Crippen molar-refractivity contribution < 1.29 is 42.1 Å². The third-order valence-electron chi connectivity index (χ3n) is 16.6. The molecule has 0 aliphatic carbocycles. The maximum absolute atomic E-state index is 13.1. The van der Waals surface area contributed by atoms with Crippen molar-refractivity contribution in [3.05, 3.63) is 174 Å². The quantitative estimate of drug-likeness (QED) is 0.0159. The zero-order chi connectivity index (χ0) is 69.0. The van der Waals surface area contributed by atoms with Gasteiger partial charge in [0.2, 0.25) is 0 Å². The highest BCUT2D eigenvalue weighted by Gasteiger charge is 2.30. The van der Waals surface area contributed by atoms with Gasteiger partial charge < -0.3 is 29.1 Å². The van der Waals surface area contributed by atoms with Gasteiger partial charge in [-0.15, -0.1) is 0 Å². The summed E-state index contributed by atoms with van der Waals surface area (Å²) in [6, 6.07) is 33.7. The van der Waals surface area contributed by atoms with E-state index < -0.39 is 15.6 Å². The Morgan fingerprint density at radius 1 is 0.365 bits per heavy atom. The van der Waals surface area contributed by atoms with Crippen molar-refractivity contribution in [1.29, 1.82) is 0 Å². The molecule has 0 fully saturated rings. The third kappa shape index (κ3) is 22.8. The number of hydrogen-bond acceptors (Lipinski definition) is 13. The number of hydrogen-bond donors (Lipinski definition) is 6. The predicted octanol–water partition coefficient (Wildman–Crippen LogP) is 18.9. The molecule has 0 aliphatic rings. The number of aromatic hydroxyl groups is 1. The lowest BCUT2D eigenvalue weighted by Crippen LogP contribution is -2.11.